The van der Waals surface area contributed by atoms with Crippen molar-refractivity contribution in [2.24, 2.45) is 0 Å². The fourth-order valence-corrected chi connectivity index (χ4v) is 5.81. The first-order valence-corrected chi connectivity index (χ1v) is 15.2. The van der Waals surface area contributed by atoms with Gasteiger partial charge in [-0.25, -0.2) is 8.42 Å². The topological polar surface area (TPSA) is 107 Å². The largest absolute Gasteiger partial charge is 0.406 e. The lowest BCUT2D eigenvalue weighted by atomic mass is 10.0. The van der Waals surface area contributed by atoms with E-state index >= 15 is 0 Å². The zero-order valence-corrected chi connectivity index (χ0v) is 23.6. The van der Waals surface area contributed by atoms with Crippen molar-refractivity contribution in [3.63, 3.8) is 0 Å². The number of halogens is 3. The Morgan fingerprint density at radius 3 is 2.46 bits per heavy atom. The predicted molar refractivity (Wildman–Crippen MR) is 154 cm³/mol. The Bertz CT molecular complexity index is 1490. The van der Waals surface area contributed by atoms with E-state index in [4.69, 9.17) is 5.11 Å². The number of hydrogen-bond donors (Lipinski definition) is 4. The maximum Gasteiger partial charge on any atom is 0.406 e. The van der Waals surface area contributed by atoms with Crippen LogP contribution in [0.25, 0.3) is 10.9 Å². The lowest BCUT2D eigenvalue weighted by molar-refractivity contribution is -0.140. The first kappa shape index (κ1) is 30.7. The molecule has 1 unspecified atom stereocenters. The Morgan fingerprint density at radius 2 is 1.83 bits per heavy atom. The number of fused-ring (bicyclic) bond motifs is 1. The Kier molecular flexibility index (Phi) is 9.86. The molecule has 1 aromatic heterocycles. The van der Waals surface area contributed by atoms with Gasteiger partial charge < -0.3 is 30.3 Å². The van der Waals surface area contributed by atoms with E-state index < -0.39 is 28.7 Å². The molecular weight excluding hydrogens is 557 g/mol. The molecular formula is C29H35F3N4O4S. The van der Waals surface area contributed by atoms with Crippen molar-refractivity contribution < 1.29 is 31.8 Å². The van der Waals surface area contributed by atoms with Crippen molar-refractivity contribution in [2.45, 2.75) is 49.5 Å². The van der Waals surface area contributed by atoms with Crippen molar-refractivity contribution in [1.82, 2.24) is 9.47 Å². The van der Waals surface area contributed by atoms with E-state index in [1.807, 2.05) is 6.07 Å². The average molecular weight is 593 g/mol. The van der Waals surface area contributed by atoms with Crippen LogP contribution in [0.5, 0.6) is 0 Å². The van der Waals surface area contributed by atoms with E-state index in [1.54, 1.807) is 37.3 Å². The normalized spacial score (nSPS) is 15.9. The van der Waals surface area contributed by atoms with Gasteiger partial charge in [0.1, 0.15) is 6.54 Å². The molecule has 41 heavy (non-hydrogen) atoms. The molecule has 0 radical (unpaired) electrons. The van der Waals surface area contributed by atoms with Crippen LogP contribution in [0.15, 0.2) is 53.4 Å². The van der Waals surface area contributed by atoms with Crippen LogP contribution >= 0.6 is 0 Å². The minimum absolute atomic E-state index is 0.00407. The van der Waals surface area contributed by atoms with Crippen molar-refractivity contribution in [3.05, 3.63) is 54.2 Å². The van der Waals surface area contributed by atoms with Crippen LogP contribution in [0, 0.1) is 11.8 Å². The molecule has 12 heteroatoms. The highest BCUT2D eigenvalue weighted by Gasteiger charge is 2.30. The number of piperidine rings is 1. The summed E-state index contributed by atoms with van der Waals surface area (Å²) in [4.78, 5) is 2.31. The number of rotatable bonds is 10. The molecule has 0 amide bonds. The molecule has 1 saturated heterocycles. The van der Waals surface area contributed by atoms with Crippen molar-refractivity contribution in [2.75, 3.05) is 49.2 Å². The Hall–Kier alpha value is -3.24. The van der Waals surface area contributed by atoms with E-state index in [9.17, 15) is 26.7 Å². The summed E-state index contributed by atoms with van der Waals surface area (Å²) in [6.45, 7) is 2.16. The molecule has 2 aromatic carbocycles. The van der Waals surface area contributed by atoms with Crippen LogP contribution in [-0.4, -0.2) is 85.0 Å². The Labute approximate surface area is 238 Å². The molecule has 1 atom stereocenters. The maximum atomic E-state index is 13.5. The SMILES string of the molecule is CCS(=O)(=O)c1ccc(NCC#Cc2cc3c(NC4CCN(CC(O)CO)CC4)cccc3n2CC(F)(F)F)cc1. The number of likely N-dealkylation sites (tertiary alicyclic amines) is 1. The zero-order valence-electron chi connectivity index (χ0n) is 22.8. The lowest BCUT2D eigenvalue weighted by Gasteiger charge is -2.33. The highest BCUT2D eigenvalue weighted by Crippen LogP contribution is 2.31. The van der Waals surface area contributed by atoms with Crippen LogP contribution < -0.4 is 10.6 Å². The van der Waals surface area contributed by atoms with E-state index in [1.165, 1.54) is 16.7 Å². The minimum atomic E-state index is -4.43. The molecule has 222 valence electrons. The third kappa shape index (κ3) is 8.16. The monoisotopic (exact) mass is 592 g/mol. The summed E-state index contributed by atoms with van der Waals surface area (Å²) in [5, 5.41) is 26.0. The molecule has 1 aliphatic heterocycles. The number of β-amino-alcohol motifs (C(OH)–C–C–N with tert-alkyl or cyclic N) is 1. The molecule has 2 heterocycles. The number of aliphatic hydroxyl groups is 2. The van der Waals surface area contributed by atoms with Crippen LogP contribution in [-0.2, 0) is 16.4 Å². The molecule has 0 aliphatic carbocycles. The van der Waals surface area contributed by atoms with Crippen molar-refractivity contribution >= 4 is 32.1 Å². The molecule has 0 saturated carbocycles. The number of aliphatic hydroxyl groups excluding tert-OH is 2. The predicted octanol–water partition coefficient (Wildman–Crippen LogP) is 3.69. The smallest absolute Gasteiger partial charge is 0.394 e. The standard InChI is InChI=1S/C29H35F3N4O4S/c1-2-41(39,40)25-10-8-21(9-11-25)33-14-4-5-23-17-26-27(6-3-7-28(26)36(23)20-29(30,31)32)34-22-12-15-35(16-13-22)18-24(38)19-37/h3,6-11,17,22,24,33-34,37-38H,2,12-16,18-20H2,1H3. The van der Waals surface area contributed by atoms with Crippen LogP contribution in [0.2, 0.25) is 0 Å². The lowest BCUT2D eigenvalue weighted by Crippen LogP contribution is -2.43. The number of benzene rings is 2. The van der Waals surface area contributed by atoms with Gasteiger partial charge in [0.05, 0.1) is 41.1 Å². The third-order valence-corrected chi connectivity index (χ3v) is 8.85. The second-order valence-corrected chi connectivity index (χ2v) is 12.4. The van der Waals surface area contributed by atoms with E-state index in [0.29, 0.717) is 23.1 Å². The van der Waals surface area contributed by atoms with E-state index in [2.05, 4.69) is 27.4 Å². The summed E-state index contributed by atoms with van der Waals surface area (Å²) >= 11 is 0. The van der Waals surface area contributed by atoms with Crippen molar-refractivity contribution in [1.29, 1.82) is 0 Å². The third-order valence-electron chi connectivity index (χ3n) is 7.10. The molecule has 8 nitrogen and oxygen atoms in total. The van der Waals surface area contributed by atoms with Gasteiger partial charge in [0.2, 0.25) is 0 Å². The van der Waals surface area contributed by atoms with Gasteiger partial charge in [0, 0.05) is 42.4 Å². The first-order chi connectivity index (χ1) is 19.5. The van der Waals surface area contributed by atoms with E-state index in [0.717, 1.165) is 31.6 Å². The van der Waals surface area contributed by atoms with Gasteiger partial charge >= 0.3 is 6.18 Å². The highest BCUT2D eigenvalue weighted by molar-refractivity contribution is 7.91. The van der Waals surface area contributed by atoms with Gasteiger partial charge in [0.25, 0.3) is 0 Å². The number of nitrogens with zero attached hydrogens (tertiary/aromatic N) is 2. The Balaban J connectivity index is 1.49. The van der Waals surface area contributed by atoms with Crippen molar-refractivity contribution in [3.8, 4) is 11.8 Å². The molecule has 3 aromatic rings. The van der Waals surface area contributed by atoms with Gasteiger partial charge in [0.15, 0.2) is 9.84 Å². The second kappa shape index (κ2) is 13.2. The summed E-state index contributed by atoms with van der Waals surface area (Å²) in [6.07, 6.45) is -3.62. The quantitative estimate of drug-likeness (QED) is 0.266. The summed E-state index contributed by atoms with van der Waals surface area (Å²) in [5.74, 6) is 5.77. The summed E-state index contributed by atoms with van der Waals surface area (Å²) in [5.41, 5.74) is 2.06. The molecule has 1 aliphatic rings. The fraction of sp³-hybridized carbons (Fsp3) is 0.448. The number of nitrogens with one attached hydrogen (secondary N) is 2. The average Bonchev–Trinajstić information content (AvgIpc) is 3.29. The summed E-state index contributed by atoms with van der Waals surface area (Å²) in [6, 6.07) is 13.3. The molecule has 0 bridgehead atoms. The molecule has 1 fully saturated rings. The van der Waals surface area contributed by atoms with Gasteiger partial charge in [-0.15, -0.1) is 0 Å². The van der Waals surface area contributed by atoms with Gasteiger partial charge in [-0.1, -0.05) is 18.9 Å². The molecule has 4 N–H and O–H groups in total. The summed E-state index contributed by atoms with van der Waals surface area (Å²) in [7, 11) is -3.31. The van der Waals surface area contributed by atoms with Gasteiger partial charge in [-0.3, -0.25) is 0 Å². The van der Waals surface area contributed by atoms with Crippen LogP contribution in [0.1, 0.15) is 25.5 Å². The van der Waals surface area contributed by atoms with Gasteiger partial charge in [-0.2, -0.15) is 13.2 Å². The van der Waals surface area contributed by atoms with Crippen LogP contribution in [0.3, 0.4) is 0 Å². The highest BCUT2D eigenvalue weighted by atomic mass is 32.2. The first-order valence-electron chi connectivity index (χ1n) is 13.5. The van der Waals surface area contributed by atoms with E-state index in [-0.39, 0.29) is 35.5 Å². The molecule has 0 spiro atoms. The number of aromatic nitrogens is 1. The number of sulfone groups is 1. The molecule has 4 rings (SSSR count). The zero-order chi connectivity index (χ0) is 29.6. The number of alkyl halides is 3. The maximum absolute atomic E-state index is 13.5. The van der Waals surface area contributed by atoms with Gasteiger partial charge in [-0.05, 0) is 61.2 Å². The number of anilines is 2. The Morgan fingerprint density at radius 1 is 1.12 bits per heavy atom. The second-order valence-electron chi connectivity index (χ2n) is 10.1. The fourth-order valence-electron chi connectivity index (χ4n) is 4.93. The minimum Gasteiger partial charge on any atom is -0.394 e. The number of hydrogen-bond acceptors (Lipinski definition) is 7. The summed E-state index contributed by atoms with van der Waals surface area (Å²) < 4.78 is 65.7. The van der Waals surface area contributed by atoms with Crippen LogP contribution in [0.4, 0.5) is 24.5 Å².